The van der Waals surface area contributed by atoms with Crippen molar-refractivity contribution >= 4 is 17.7 Å². The molecular formula is C12H19N3O3. The molecule has 1 unspecified atom stereocenters. The van der Waals surface area contributed by atoms with Crippen LogP contribution in [0.5, 0.6) is 0 Å². The molecule has 0 bridgehead atoms. The highest BCUT2D eigenvalue weighted by molar-refractivity contribution is 5.93. The number of hydrogen-bond donors (Lipinski definition) is 1. The van der Waals surface area contributed by atoms with Gasteiger partial charge < -0.3 is 15.1 Å². The minimum absolute atomic E-state index is 0.0195. The molecule has 2 aliphatic heterocycles. The van der Waals surface area contributed by atoms with Crippen molar-refractivity contribution in [1.82, 2.24) is 15.1 Å². The Labute approximate surface area is 106 Å². The first-order valence-corrected chi connectivity index (χ1v) is 6.36. The molecule has 2 fully saturated rings. The Balaban J connectivity index is 1.94. The molecule has 6 nitrogen and oxygen atoms in total. The first-order chi connectivity index (χ1) is 8.49. The Kier molecular flexibility index (Phi) is 3.54. The van der Waals surface area contributed by atoms with Gasteiger partial charge in [0.15, 0.2) is 0 Å². The van der Waals surface area contributed by atoms with Gasteiger partial charge in [0.2, 0.25) is 17.7 Å². The lowest BCUT2D eigenvalue weighted by molar-refractivity contribution is -0.147. The lowest BCUT2D eigenvalue weighted by atomic mass is 10.1. The number of amides is 3. The van der Waals surface area contributed by atoms with Gasteiger partial charge in [-0.25, -0.2) is 0 Å². The van der Waals surface area contributed by atoms with Gasteiger partial charge in [0.05, 0.1) is 6.54 Å². The average molecular weight is 253 g/mol. The standard InChI is InChI=1S/C12H19N3O3/c1-8(2)15-6-5-14(7-11(15)17)12(18)9-3-4-10(16)13-9/h8-9H,3-7H2,1-2H3,(H,13,16). The van der Waals surface area contributed by atoms with Crippen LogP contribution in [0, 0.1) is 0 Å². The molecule has 1 atom stereocenters. The van der Waals surface area contributed by atoms with Crippen molar-refractivity contribution in [3.05, 3.63) is 0 Å². The number of hydrogen-bond acceptors (Lipinski definition) is 3. The van der Waals surface area contributed by atoms with Crippen molar-refractivity contribution in [3.8, 4) is 0 Å². The van der Waals surface area contributed by atoms with Crippen molar-refractivity contribution in [2.45, 2.75) is 38.8 Å². The molecule has 0 aliphatic carbocycles. The van der Waals surface area contributed by atoms with Crippen molar-refractivity contribution < 1.29 is 14.4 Å². The van der Waals surface area contributed by atoms with Crippen molar-refractivity contribution in [2.24, 2.45) is 0 Å². The molecular weight excluding hydrogens is 234 g/mol. The number of carbonyl (C=O) groups is 3. The average Bonchev–Trinajstić information content (AvgIpc) is 2.74. The Hall–Kier alpha value is -1.59. The van der Waals surface area contributed by atoms with E-state index in [9.17, 15) is 14.4 Å². The van der Waals surface area contributed by atoms with Gasteiger partial charge in [0.1, 0.15) is 6.04 Å². The lowest BCUT2D eigenvalue weighted by Gasteiger charge is -2.37. The fraction of sp³-hybridized carbons (Fsp3) is 0.750. The second-order valence-corrected chi connectivity index (χ2v) is 5.10. The van der Waals surface area contributed by atoms with E-state index < -0.39 is 6.04 Å². The summed E-state index contributed by atoms with van der Waals surface area (Å²) in [6, 6.07) is -0.267. The minimum Gasteiger partial charge on any atom is -0.344 e. The maximum absolute atomic E-state index is 12.1. The van der Waals surface area contributed by atoms with E-state index >= 15 is 0 Å². The maximum atomic E-state index is 12.1. The van der Waals surface area contributed by atoms with Crippen LogP contribution >= 0.6 is 0 Å². The summed E-state index contributed by atoms with van der Waals surface area (Å²) >= 11 is 0. The minimum atomic E-state index is -0.434. The molecule has 100 valence electrons. The summed E-state index contributed by atoms with van der Waals surface area (Å²) in [5.41, 5.74) is 0. The van der Waals surface area contributed by atoms with Crippen LogP contribution in [0.15, 0.2) is 0 Å². The van der Waals surface area contributed by atoms with E-state index in [1.807, 2.05) is 13.8 Å². The molecule has 1 N–H and O–H groups in total. The molecule has 0 radical (unpaired) electrons. The summed E-state index contributed by atoms with van der Waals surface area (Å²) in [6.45, 7) is 5.18. The van der Waals surface area contributed by atoms with Crippen LogP contribution in [0.25, 0.3) is 0 Å². The predicted octanol–water partition coefficient (Wildman–Crippen LogP) is -0.656. The van der Waals surface area contributed by atoms with Gasteiger partial charge in [-0.2, -0.15) is 0 Å². The van der Waals surface area contributed by atoms with Crippen molar-refractivity contribution in [1.29, 1.82) is 0 Å². The number of rotatable bonds is 2. The second-order valence-electron chi connectivity index (χ2n) is 5.10. The largest absolute Gasteiger partial charge is 0.344 e. The molecule has 2 saturated heterocycles. The third-order valence-corrected chi connectivity index (χ3v) is 3.49. The topological polar surface area (TPSA) is 69.7 Å². The lowest BCUT2D eigenvalue weighted by Crippen LogP contribution is -2.57. The molecule has 2 rings (SSSR count). The Morgan fingerprint density at radius 3 is 2.56 bits per heavy atom. The van der Waals surface area contributed by atoms with Crippen LogP contribution in [-0.4, -0.2) is 59.2 Å². The van der Waals surface area contributed by atoms with Crippen LogP contribution in [0.3, 0.4) is 0 Å². The Morgan fingerprint density at radius 1 is 1.33 bits per heavy atom. The van der Waals surface area contributed by atoms with Gasteiger partial charge in [-0.05, 0) is 20.3 Å². The van der Waals surface area contributed by atoms with Crippen LogP contribution in [0.1, 0.15) is 26.7 Å². The molecule has 0 aromatic carbocycles. The highest BCUT2D eigenvalue weighted by atomic mass is 16.2. The zero-order chi connectivity index (χ0) is 13.3. The first-order valence-electron chi connectivity index (χ1n) is 6.36. The van der Waals surface area contributed by atoms with Crippen LogP contribution in [0.2, 0.25) is 0 Å². The molecule has 6 heteroatoms. The summed E-state index contributed by atoms with van der Waals surface area (Å²) in [7, 11) is 0. The van der Waals surface area contributed by atoms with E-state index in [-0.39, 0.29) is 30.3 Å². The molecule has 0 saturated carbocycles. The SMILES string of the molecule is CC(C)N1CCN(C(=O)C2CCC(=O)N2)CC1=O. The first kappa shape index (κ1) is 12.9. The van der Waals surface area contributed by atoms with Crippen molar-refractivity contribution in [2.75, 3.05) is 19.6 Å². The summed E-state index contributed by atoms with van der Waals surface area (Å²) in [5, 5.41) is 2.64. The van der Waals surface area contributed by atoms with E-state index in [4.69, 9.17) is 0 Å². The van der Waals surface area contributed by atoms with Gasteiger partial charge in [-0.1, -0.05) is 0 Å². The van der Waals surface area contributed by atoms with Gasteiger partial charge in [0.25, 0.3) is 0 Å². The summed E-state index contributed by atoms with van der Waals surface area (Å²) in [5.74, 6) is -0.230. The monoisotopic (exact) mass is 253 g/mol. The number of carbonyl (C=O) groups excluding carboxylic acids is 3. The molecule has 3 amide bonds. The summed E-state index contributed by atoms with van der Waals surface area (Å²) < 4.78 is 0. The van der Waals surface area contributed by atoms with E-state index in [0.717, 1.165) is 0 Å². The summed E-state index contributed by atoms with van der Waals surface area (Å²) in [6.07, 6.45) is 0.937. The third kappa shape index (κ3) is 2.47. The molecule has 2 heterocycles. The zero-order valence-corrected chi connectivity index (χ0v) is 10.8. The smallest absolute Gasteiger partial charge is 0.245 e. The predicted molar refractivity (Wildman–Crippen MR) is 64.6 cm³/mol. The Morgan fingerprint density at radius 2 is 2.06 bits per heavy atom. The normalized spacial score (nSPS) is 24.7. The Bertz CT molecular complexity index is 381. The third-order valence-electron chi connectivity index (χ3n) is 3.49. The van der Waals surface area contributed by atoms with Crippen LogP contribution in [-0.2, 0) is 14.4 Å². The number of piperazine rings is 1. The van der Waals surface area contributed by atoms with E-state index in [2.05, 4.69) is 5.32 Å². The van der Waals surface area contributed by atoms with Gasteiger partial charge in [-0.3, -0.25) is 14.4 Å². The number of nitrogens with zero attached hydrogens (tertiary/aromatic N) is 2. The molecule has 18 heavy (non-hydrogen) atoms. The van der Waals surface area contributed by atoms with Gasteiger partial charge >= 0.3 is 0 Å². The van der Waals surface area contributed by atoms with E-state index in [0.29, 0.717) is 25.9 Å². The highest BCUT2D eigenvalue weighted by Gasteiger charge is 2.34. The van der Waals surface area contributed by atoms with E-state index in [1.54, 1.807) is 9.80 Å². The number of nitrogens with one attached hydrogen (secondary N) is 1. The molecule has 0 aromatic heterocycles. The van der Waals surface area contributed by atoms with Crippen LogP contribution in [0.4, 0.5) is 0 Å². The zero-order valence-electron chi connectivity index (χ0n) is 10.8. The molecule has 0 aromatic rings. The van der Waals surface area contributed by atoms with Crippen LogP contribution < -0.4 is 5.32 Å². The molecule has 0 spiro atoms. The second kappa shape index (κ2) is 4.96. The van der Waals surface area contributed by atoms with Crippen molar-refractivity contribution in [3.63, 3.8) is 0 Å². The van der Waals surface area contributed by atoms with Gasteiger partial charge in [-0.15, -0.1) is 0 Å². The summed E-state index contributed by atoms with van der Waals surface area (Å²) in [4.78, 5) is 38.4. The van der Waals surface area contributed by atoms with E-state index in [1.165, 1.54) is 0 Å². The highest BCUT2D eigenvalue weighted by Crippen LogP contribution is 2.13. The quantitative estimate of drug-likeness (QED) is 0.710. The fourth-order valence-corrected chi connectivity index (χ4v) is 2.44. The fourth-order valence-electron chi connectivity index (χ4n) is 2.44. The molecule has 2 aliphatic rings. The van der Waals surface area contributed by atoms with Gasteiger partial charge in [0, 0.05) is 25.6 Å². The maximum Gasteiger partial charge on any atom is 0.245 e.